The fraction of sp³-hybridized carbons (Fsp3) is 0.273. The van der Waals surface area contributed by atoms with Crippen LogP contribution in [0.5, 0.6) is 11.5 Å². The number of benzene rings is 2. The van der Waals surface area contributed by atoms with Gasteiger partial charge in [0.15, 0.2) is 17.6 Å². The van der Waals surface area contributed by atoms with Gasteiger partial charge in [0.25, 0.3) is 5.91 Å². The second-order valence-electron chi connectivity index (χ2n) is 6.20. The lowest BCUT2D eigenvalue weighted by Crippen LogP contribution is -2.29. The molecule has 0 aliphatic carbocycles. The molecule has 0 heterocycles. The molecule has 2 rings (SSSR count). The minimum Gasteiger partial charge on any atom is -0.493 e. The Morgan fingerprint density at radius 1 is 1.17 bits per heavy atom. The minimum absolute atomic E-state index is 0.444. The number of hydrogen-bond donors (Lipinski definition) is 1. The molecule has 1 N–H and O–H groups in total. The van der Waals surface area contributed by atoms with Crippen molar-refractivity contribution in [3.8, 4) is 11.5 Å². The van der Waals surface area contributed by atoms with Gasteiger partial charge in [-0.05, 0) is 62.2 Å². The molecule has 2 aromatic rings. The molecule has 0 fully saturated rings. The molecule has 0 aliphatic heterocycles. The standard InChI is InChI=1S/C22H24ClNO5/c1-5-28-20-12-16(7-10-19(20)27-4)8-11-21(25)29-15(3)22(26)24-18-13-17(23)9-6-14(18)2/h6-13,15H,5H2,1-4H3,(H,24,26)/b11-8+/t15-/m0/s1. The van der Waals surface area contributed by atoms with Crippen LogP contribution in [0.15, 0.2) is 42.5 Å². The Bertz CT molecular complexity index is 910. The number of amides is 1. The van der Waals surface area contributed by atoms with Gasteiger partial charge >= 0.3 is 5.97 Å². The van der Waals surface area contributed by atoms with E-state index in [1.165, 1.54) is 13.0 Å². The lowest BCUT2D eigenvalue weighted by atomic mass is 10.2. The van der Waals surface area contributed by atoms with E-state index in [4.69, 9.17) is 25.8 Å². The molecule has 6 nitrogen and oxygen atoms in total. The largest absolute Gasteiger partial charge is 0.493 e. The van der Waals surface area contributed by atoms with Crippen molar-refractivity contribution in [2.45, 2.75) is 26.9 Å². The summed E-state index contributed by atoms with van der Waals surface area (Å²) in [5, 5.41) is 3.21. The third-order valence-corrected chi connectivity index (χ3v) is 4.25. The zero-order valence-corrected chi connectivity index (χ0v) is 17.6. The summed E-state index contributed by atoms with van der Waals surface area (Å²) in [7, 11) is 1.56. The third-order valence-electron chi connectivity index (χ3n) is 4.02. The van der Waals surface area contributed by atoms with E-state index in [1.807, 2.05) is 13.8 Å². The van der Waals surface area contributed by atoms with Gasteiger partial charge in [-0.1, -0.05) is 23.7 Å². The molecule has 0 saturated heterocycles. The van der Waals surface area contributed by atoms with Crippen LogP contribution in [0.1, 0.15) is 25.0 Å². The number of ether oxygens (including phenoxy) is 3. The number of nitrogens with one attached hydrogen (secondary N) is 1. The van der Waals surface area contributed by atoms with Crippen LogP contribution in [-0.4, -0.2) is 31.7 Å². The molecule has 0 bridgehead atoms. The van der Waals surface area contributed by atoms with E-state index < -0.39 is 18.0 Å². The number of aryl methyl sites for hydroxylation is 1. The molecule has 2 aromatic carbocycles. The Hall–Kier alpha value is -2.99. The maximum atomic E-state index is 12.3. The smallest absolute Gasteiger partial charge is 0.331 e. The number of esters is 1. The second-order valence-corrected chi connectivity index (χ2v) is 6.64. The van der Waals surface area contributed by atoms with Crippen molar-refractivity contribution in [3.05, 3.63) is 58.6 Å². The number of carbonyl (C=O) groups is 2. The number of anilines is 1. The molecule has 29 heavy (non-hydrogen) atoms. The van der Waals surface area contributed by atoms with E-state index in [2.05, 4.69) is 5.32 Å². The zero-order chi connectivity index (χ0) is 21.4. The normalized spacial score (nSPS) is 11.8. The number of halogens is 1. The summed E-state index contributed by atoms with van der Waals surface area (Å²) in [6.45, 7) is 5.71. The van der Waals surface area contributed by atoms with Crippen molar-refractivity contribution in [2.24, 2.45) is 0 Å². The lowest BCUT2D eigenvalue weighted by Gasteiger charge is -2.14. The first kappa shape index (κ1) is 22.3. The summed E-state index contributed by atoms with van der Waals surface area (Å²) in [6, 6.07) is 10.5. The quantitative estimate of drug-likeness (QED) is 0.500. The van der Waals surface area contributed by atoms with Gasteiger partial charge in [0, 0.05) is 16.8 Å². The summed E-state index contributed by atoms with van der Waals surface area (Å²) in [5.74, 6) is 0.104. The van der Waals surface area contributed by atoms with Gasteiger partial charge in [-0.15, -0.1) is 0 Å². The van der Waals surface area contributed by atoms with Crippen LogP contribution in [0, 0.1) is 6.92 Å². The van der Waals surface area contributed by atoms with Gasteiger partial charge in [0.05, 0.1) is 13.7 Å². The van der Waals surface area contributed by atoms with E-state index in [0.29, 0.717) is 28.8 Å². The number of methoxy groups -OCH3 is 1. The average molecular weight is 418 g/mol. The van der Waals surface area contributed by atoms with Gasteiger partial charge in [0.2, 0.25) is 0 Å². The Morgan fingerprint density at radius 3 is 2.62 bits per heavy atom. The van der Waals surface area contributed by atoms with Crippen LogP contribution in [0.3, 0.4) is 0 Å². The Morgan fingerprint density at radius 2 is 1.93 bits per heavy atom. The fourth-order valence-corrected chi connectivity index (χ4v) is 2.63. The van der Waals surface area contributed by atoms with Crippen molar-refractivity contribution in [1.29, 1.82) is 0 Å². The van der Waals surface area contributed by atoms with Crippen molar-refractivity contribution in [3.63, 3.8) is 0 Å². The topological polar surface area (TPSA) is 73.9 Å². The summed E-state index contributed by atoms with van der Waals surface area (Å²) in [6.07, 6.45) is 1.86. The molecule has 1 atom stereocenters. The zero-order valence-electron chi connectivity index (χ0n) is 16.8. The predicted molar refractivity (Wildman–Crippen MR) is 114 cm³/mol. The van der Waals surface area contributed by atoms with E-state index in [9.17, 15) is 9.59 Å². The van der Waals surface area contributed by atoms with Gasteiger partial charge in [0.1, 0.15) is 0 Å². The highest BCUT2D eigenvalue weighted by Gasteiger charge is 2.17. The molecule has 0 radical (unpaired) electrons. The van der Waals surface area contributed by atoms with Crippen LogP contribution in [0.25, 0.3) is 6.08 Å². The summed E-state index contributed by atoms with van der Waals surface area (Å²) in [4.78, 5) is 24.4. The number of rotatable bonds is 8. The van der Waals surface area contributed by atoms with Gasteiger partial charge < -0.3 is 19.5 Å². The van der Waals surface area contributed by atoms with Crippen LogP contribution < -0.4 is 14.8 Å². The van der Waals surface area contributed by atoms with Gasteiger partial charge in [-0.25, -0.2) is 4.79 Å². The van der Waals surface area contributed by atoms with Crippen LogP contribution in [-0.2, 0) is 14.3 Å². The lowest BCUT2D eigenvalue weighted by molar-refractivity contribution is -0.148. The highest BCUT2D eigenvalue weighted by molar-refractivity contribution is 6.31. The molecule has 0 aromatic heterocycles. The van der Waals surface area contributed by atoms with E-state index >= 15 is 0 Å². The molecule has 0 spiro atoms. The fourth-order valence-electron chi connectivity index (χ4n) is 2.46. The number of hydrogen-bond acceptors (Lipinski definition) is 5. The van der Waals surface area contributed by atoms with Crippen molar-refractivity contribution in [2.75, 3.05) is 19.0 Å². The highest BCUT2D eigenvalue weighted by Crippen LogP contribution is 2.28. The molecule has 154 valence electrons. The molecular weight excluding hydrogens is 394 g/mol. The van der Waals surface area contributed by atoms with Crippen LogP contribution in [0.4, 0.5) is 5.69 Å². The van der Waals surface area contributed by atoms with Gasteiger partial charge in [-0.2, -0.15) is 0 Å². The summed E-state index contributed by atoms with van der Waals surface area (Å²) < 4.78 is 15.9. The second kappa shape index (κ2) is 10.5. The van der Waals surface area contributed by atoms with Crippen molar-refractivity contribution >= 4 is 35.2 Å². The maximum Gasteiger partial charge on any atom is 0.331 e. The first-order chi connectivity index (χ1) is 13.8. The van der Waals surface area contributed by atoms with E-state index in [1.54, 1.807) is 49.6 Å². The molecule has 0 unspecified atom stereocenters. The maximum absolute atomic E-state index is 12.3. The van der Waals surface area contributed by atoms with Crippen LogP contribution in [0.2, 0.25) is 5.02 Å². The van der Waals surface area contributed by atoms with Crippen molar-refractivity contribution < 1.29 is 23.8 Å². The summed E-state index contributed by atoms with van der Waals surface area (Å²) >= 11 is 5.95. The highest BCUT2D eigenvalue weighted by atomic mass is 35.5. The van der Waals surface area contributed by atoms with Gasteiger partial charge in [-0.3, -0.25) is 4.79 Å². The first-order valence-corrected chi connectivity index (χ1v) is 9.48. The molecule has 1 amide bonds. The Labute approximate surface area is 175 Å². The molecule has 7 heteroatoms. The predicted octanol–water partition coefficient (Wildman–Crippen LogP) is 4.64. The SMILES string of the molecule is CCOc1cc(/C=C/C(=O)O[C@@H](C)C(=O)Nc2cc(Cl)ccc2C)ccc1OC. The minimum atomic E-state index is -0.972. The van der Waals surface area contributed by atoms with Crippen LogP contribution >= 0.6 is 11.6 Å². The Kier molecular flexibility index (Phi) is 8.09. The monoisotopic (exact) mass is 417 g/mol. The average Bonchev–Trinajstić information content (AvgIpc) is 2.69. The van der Waals surface area contributed by atoms with E-state index in [-0.39, 0.29) is 0 Å². The first-order valence-electron chi connectivity index (χ1n) is 9.10. The molecule has 0 saturated carbocycles. The number of carbonyl (C=O) groups excluding carboxylic acids is 2. The summed E-state index contributed by atoms with van der Waals surface area (Å²) in [5.41, 5.74) is 2.16. The molecular formula is C22H24ClNO5. The molecule has 0 aliphatic rings. The Balaban J connectivity index is 1.98. The van der Waals surface area contributed by atoms with Crippen molar-refractivity contribution in [1.82, 2.24) is 0 Å². The van der Waals surface area contributed by atoms with E-state index in [0.717, 1.165) is 11.1 Å². The third kappa shape index (κ3) is 6.54.